The highest BCUT2D eigenvalue weighted by atomic mass is 16.6. The van der Waals surface area contributed by atoms with E-state index < -0.39 is 6.04 Å². The van der Waals surface area contributed by atoms with Gasteiger partial charge in [-0.3, -0.25) is 10.1 Å². The number of hydrogen-bond acceptors (Lipinski definition) is 2. The van der Waals surface area contributed by atoms with Crippen LogP contribution in [0, 0.1) is 10.1 Å². The van der Waals surface area contributed by atoms with E-state index in [1.54, 1.807) is 24.3 Å². The van der Waals surface area contributed by atoms with Crippen molar-refractivity contribution in [2.45, 2.75) is 12.5 Å². The van der Waals surface area contributed by atoms with E-state index in [9.17, 15) is 10.1 Å². The van der Waals surface area contributed by atoms with Gasteiger partial charge in [0, 0.05) is 4.92 Å². The summed E-state index contributed by atoms with van der Waals surface area (Å²) in [5, 5.41) is 10.1. The number of hydrogen-bond donors (Lipinski definition) is 0. The van der Waals surface area contributed by atoms with Crippen molar-refractivity contribution < 1.29 is 4.92 Å². The molecule has 0 saturated heterocycles. The first-order chi connectivity index (χ1) is 4.30. The van der Waals surface area contributed by atoms with Crippen molar-refractivity contribution in [1.29, 1.82) is 0 Å². The molecule has 0 fully saturated rings. The molecule has 0 amide bonds. The minimum atomic E-state index is -0.584. The summed E-state index contributed by atoms with van der Waals surface area (Å²) in [6, 6.07) is -0.584. The lowest BCUT2D eigenvalue weighted by Gasteiger charge is -2.00. The lowest BCUT2D eigenvalue weighted by atomic mass is 10.1. The third-order valence-corrected chi connectivity index (χ3v) is 1.18. The fraction of sp³-hybridized carbons (Fsp3) is 0.333. The largest absolute Gasteiger partial charge is 0.264 e. The first-order valence-electron chi connectivity index (χ1n) is 2.77. The van der Waals surface area contributed by atoms with Crippen LogP contribution in [0.5, 0.6) is 0 Å². The maximum Gasteiger partial charge on any atom is 0.249 e. The molecule has 0 N–H and O–H groups in total. The van der Waals surface area contributed by atoms with Crippen molar-refractivity contribution in [2.75, 3.05) is 0 Å². The lowest BCUT2D eigenvalue weighted by molar-refractivity contribution is -0.496. The summed E-state index contributed by atoms with van der Waals surface area (Å²) in [7, 11) is 0. The third kappa shape index (κ3) is 1.38. The predicted octanol–water partition coefficient (Wildman–Crippen LogP) is 1.15. The molecule has 0 unspecified atom stereocenters. The maximum absolute atomic E-state index is 10.1. The smallest absolute Gasteiger partial charge is 0.249 e. The highest BCUT2D eigenvalue weighted by Gasteiger charge is 2.11. The lowest BCUT2D eigenvalue weighted by Crippen LogP contribution is -2.14. The van der Waals surface area contributed by atoms with Crippen molar-refractivity contribution in [1.82, 2.24) is 0 Å². The second-order valence-corrected chi connectivity index (χ2v) is 1.87. The van der Waals surface area contributed by atoms with Gasteiger partial charge in [-0.05, 0) is 18.6 Å². The standard InChI is InChI=1S/C6H7NO2/c8-7(9)6-4-2-1-3-5-6/h2-6H,1H2. The van der Waals surface area contributed by atoms with Gasteiger partial charge in [-0.15, -0.1) is 0 Å². The molecule has 0 radical (unpaired) electrons. The molecule has 0 aromatic carbocycles. The molecule has 48 valence electrons. The number of allylic oxidation sites excluding steroid dienone is 2. The Bertz CT molecular complexity index is 160. The molecule has 0 spiro atoms. The topological polar surface area (TPSA) is 43.1 Å². The summed E-state index contributed by atoms with van der Waals surface area (Å²) in [6.07, 6.45) is 7.62. The molecule has 0 aliphatic heterocycles. The minimum Gasteiger partial charge on any atom is -0.264 e. The van der Waals surface area contributed by atoms with Gasteiger partial charge in [-0.25, -0.2) is 0 Å². The van der Waals surface area contributed by atoms with Gasteiger partial charge in [0.05, 0.1) is 0 Å². The second-order valence-electron chi connectivity index (χ2n) is 1.87. The van der Waals surface area contributed by atoms with Crippen LogP contribution in [0.1, 0.15) is 6.42 Å². The Labute approximate surface area is 52.8 Å². The van der Waals surface area contributed by atoms with Crippen molar-refractivity contribution in [2.24, 2.45) is 0 Å². The average Bonchev–Trinajstić information content (AvgIpc) is 1.90. The van der Waals surface area contributed by atoms with E-state index in [1.807, 2.05) is 0 Å². The van der Waals surface area contributed by atoms with Gasteiger partial charge in [-0.1, -0.05) is 12.2 Å². The van der Waals surface area contributed by atoms with E-state index in [-0.39, 0.29) is 4.92 Å². The van der Waals surface area contributed by atoms with Crippen LogP contribution in [0.15, 0.2) is 24.3 Å². The molecular weight excluding hydrogens is 118 g/mol. The summed E-state index contributed by atoms with van der Waals surface area (Å²) in [6.45, 7) is 0. The first-order valence-corrected chi connectivity index (χ1v) is 2.77. The van der Waals surface area contributed by atoms with E-state index in [4.69, 9.17) is 0 Å². The second kappa shape index (κ2) is 2.44. The Balaban J connectivity index is 2.60. The van der Waals surface area contributed by atoms with Gasteiger partial charge >= 0.3 is 0 Å². The monoisotopic (exact) mass is 125 g/mol. The van der Waals surface area contributed by atoms with Crippen LogP contribution in [0.2, 0.25) is 0 Å². The molecule has 0 saturated carbocycles. The van der Waals surface area contributed by atoms with Crippen LogP contribution in [-0.4, -0.2) is 11.0 Å². The van der Waals surface area contributed by atoms with Gasteiger partial charge in [-0.2, -0.15) is 0 Å². The zero-order chi connectivity index (χ0) is 6.69. The van der Waals surface area contributed by atoms with Crippen molar-refractivity contribution >= 4 is 0 Å². The van der Waals surface area contributed by atoms with E-state index in [0.29, 0.717) is 0 Å². The summed E-state index contributed by atoms with van der Waals surface area (Å²) < 4.78 is 0. The summed E-state index contributed by atoms with van der Waals surface area (Å²) in [5.74, 6) is 0. The van der Waals surface area contributed by atoms with E-state index in [1.165, 1.54) is 0 Å². The maximum atomic E-state index is 10.1. The van der Waals surface area contributed by atoms with E-state index in [0.717, 1.165) is 6.42 Å². The molecular formula is C6H7NO2. The number of nitrogens with zero attached hydrogens (tertiary/aromatic N) is 1. The van der Waals surface area contributed by atoms with Gasteiger partial charge in [0.15, 0.2) is 0 Å². The van der Waals surface area contributed by atoms with Gasteiger partial charge in [0.25, 0.3) is 0 Å². The predicted molar refractivity (Wildman–Crippen MR) is 33.7 cm³/mol. The Morgan fingerprint density at radius 3 is 2.33 bits per heavy atom. The molecule has 3 heteroatoms. The fourth-order valence-electron chi connectivity index (χ4n) is 0.719. The molecule has 1 aliphatic carbocycles. The normalized spacial score (nSPS) is 18.2. The van der Waals surface area contributed by atoms with Crippen LogP contribution in [0.4, 0.5) is 0 Å². The molecule has 1 rings (SSSR count). The number of rotatable bonds is 1. The molecule has 0 aromatic heterocycles. The minimum absolute atomic E-state index is 0.313. The number of nitro groups is 1. The van der Waals surface area contributed by atoms with Crippen molar-refractivity contribution in [3.8, 4) is 0 Å². The molecule has 3 nitrogen and oxygen atoms in total. The zero-order valence-corrected chi connectivity index (χ0v) is 4.86. The highest BCUT2D eigenvalue weighted by Crippen LogP contribution is 2.03. The summed E-state index contributed by atoms with van der Waals surface area (Å²) in [5.41, 5.74) is 0. The Hall–Kier alpha value is -1.12. The van der Waals surface area contributed by atoms with Crippen LogP contribution >= 0.6 is 0 Å². The third-order valence-electron chi connectivity index (χ3n) is 1.18. The molecule has 0 heterocycles. The Morgan fingerprint density at radius 1 is 1.44 bits per heavy atom. The molecule has 1 aliphatic rings. The molecule has 0 atom stereocenters. The molecule has 9 heavy (non-hydrogen) atoms. The Morgan fingerprint density at radius 2 is 2.00 bits per heavy atom. The molecule has 0 aromatic rings. The van der Waals surface area contributed by atoms with Crippen LogP contribution in [0.25, 0.3) is 0 Å². The summed E-state index contributed by atoms with van der Waals surface area (Å²) >= 11 is 0. The van der Waals surface area contributed by atoms with Gasteiger partial charge in [0.1, 0.15) is 0 Å². The van der Waals surface area contributed by atoms with E-state index >= 15 is 0 Å². The Kier molecular flexibility index (Phi) is 1.63. The zero-order valence-electron chi connectivity index (χ0n) is 4.86. The quantitative estimate of drug-likeness (QED) is 0.299. The van der Waals surface area contributed by atoms with Crippen molar-refractivity contribution in [3.63, 3.8) is 0 Å². The first kappa shape index (κ1) is 6.01. The van der Waals surface area contributed by atoms with Crippen LogP contribution < -0.4 is 0 Å². The van der Waals surface area contributed by atoms with Crippen LogP contribution in [0.3, 0.4) is 0 Å². The van der Waals surface area contributed by atoms with E-state index in [2.05, 4.69) is 0 Å². The van der Waals surface area contributed by atoms with Gasteiger partial charge < -0.3 is 0 Å². The summed E-state index contributed by atoms with van der Waals surface area (Å²) in [4.78, 5) is 9.74. The SMILES string of the molecule is O=[N+]([O-])C1C=CCC=C1. The average molecular weight is 125 g/mol. The van der Waals surface area contributed by atoms with Crippen LogP contribution in [-0.2, 0) is 0 Å². The fourth-order valence-corrected chi connectivity index (χ4v) is 0.719. The van der Waals surface area contributed by atoms with Gasteiger partial charge in [0.2, 0.25) is 6.04 Å². The highest BCUT2D eigenvalue weighted by molar-refractivity contribution is 5.09. The molecule has 0 bridgehead atoms. The van der Waals surface area contributed by atoms with Crippen molar-refractivity contribution in [3.05, 3.63) is 34.4 Å².